The first-order chi connectivity index (χ1) is 9.61. The molecule has 0 aliphatic heterocycles. The number of amides is 1. The molecule has 5 N–H and O–H groups in total. The lowest BCUT2D eigenvalue weighted by Gasteiger charge is -2.07. The molecule has 6 heteroatoms. The standard InChI is InChI=1S/C14H13N3O3/c15-13(17-20)9-5-7-10(8-6-9)16-14(19)11-3-1-2-4-12(11)18/h1-8,18,20H,(H2,15,17)(H,16,19). The Bertz CT molecular complexity index is 651. The lowest BCUT2D eigenvalue weighted by atomic mass is 10.1. The number of amidine groups is 1. The summed E-state index contributed by atoms with van der Waals surface area (Å²) < 4.78 is 0. The lowest BCUT2D eigenvalue weighted by molar-refractivity contribution is 0.102. The number of oxime groups is 1. The van der Waals surface area contributed by atoms with E-state index in [4.69, 9.17) is 10.9 Å². The van der Waals surface area contributed by atoms with Crippen molar-refractivity contribution >= 4 is 17.4 Å². The number of phenolic OH excluding ortho intramolecular Hbond substituents is 1. The fraction of sp³-hybridized carbons (Fsp3) is 0. The van der Waals surface area contributed by atoms with Crippen molar-refractivity contribution in [3.63, 3.8) is 0 Å². The number of nitrogens with one attached hydrogen (secondary N) is 1. The van der Waals surface area contributed by atoms with Crippen LogP contribution < -0.4 is 11.1 Å². The monoisotopic (exact) mass is 271 g/mol. The van der Waals surface area contributed by atoms with Gasteiger partial charge in [0.15, 0.2) is 5.84 Å². The molecule has 0 fully saturated rings. The van der Waals surface area contributed by atoms with Gasteiger partial charge in [0.05, 0.1) is 5.56 Å². The van der Waals surface area contributed by atoms with Crippen LogP contribution in [0.2, 0.25) is 0 Å². The van der Waals surface area contributed by atoms with Crippen molar-refractivity contribution in [2.45, 2.75) is 0 Å². The Morgan fingerprint density at radius 3 is 2.35 bits per heavy atom. The molecule has 0 spiro atoms. The minimum Gasteiger partial charge on any atom is -0.507 e. The normalized spacial score (nSPS) is 11.1. The highest BCUT2D eigenvalue weighted by atomic mass is 16.4. The second-order valence-electron chi connectivity index (χ2n) is 4.03. The zero-order chi connectivity index (χ0) is 14.5. The summed E-state index contributed by atoms with van der Waals surface area (Å²) in [6, 6.07) is 12.7. The van der Waals surface area contributed by atoms with Crippen LogP contribution in [0.3, 0.4) is 0 Å². The van der Waals surface area contributed by atoms with Crippen molar-refractivity contribution in [2.24, 2.45) is 10.9 Å². The predicted molar refractivity (Wildman–Crippen MR) is 75.0 cm³/mol. The highest BCUT2D eigenvalue weighted by molar-refractivity contribution is 6.06. The highest BCUT2D eigenvalue weighted by Crippen LogP contribution is 2.18. The average molecular weight is 271 g/mol. The number of nitrogens with zero attached hydrogens (tertiary/aromatic N) is 1. The van der Waals surface area contributed by atoms with Crippen LogP contribution in [-0.4, -0.2) is 22.1 Å². The summed E-state index contributed by atoms with van der Waals surface area (Å²) in [7, 11) is 0. The molecule has 2 aromatic rings. The van der Waals surface area contributed by atoms with Crippen molar-refractivity contribution in [1.29, 1.82) is 0 Å². The molecule has 102 valence electrons. The maximum atomic E-state index is 12.0. The van der Waals surface area contributed by atoms with Crippen molar-refractivity contribution < 1.29 is 15.1 Å². The van der Waals surface area contributed by atoms with E-state index in [-0.39, 0.29) is 17.1 Å². The Kier molecular flexibility index (Phi) is 3.85. The number of anilines is 1. The molecule has 0 radical (unpaired) electrons. The van der Waals surface area contributed by atoms with Crippen LogP contribution in [0.15, 0.2) is 53.7 Å². The summed E-state index contributed by atoms with van der Waals surface area (Å²) in [5.74, 6) is -0.512. The molecular weight excluding hydrogens is 258 g/mol. The second kappa shape index (κ2) is 5.75. The molecule has 0 atom stereocenters. The fourth-order valence-corrected chi connectivity index (χ4v) is 1.65. The number of hydrogen-bond acceptors (Lipinski definition) is 4. The number of aromatic hydroxyl groups is 1. The van der Waals surface area contributed by atoms with E-state index < -0.39 is 5.91 Å². The van der Waals surface area contributed by atoms with E-state index >= 15 is 0 Å². The highest BCUT2D eigenvalue weighted by Gasteiger charge is 2.10. The first-order valence-corrected chi connectivity index (χ1v) is 5.79. The van der Waals surface area contributed by atoms with Crippen LogP contribution in [-0.2, 0) is 0 Å². The number of benzene rings is 2. The van der Waals surface area contributed by atoms with E-state index in [9.17, 15) is 9.90 Å². The first-order valence-electron chi connectivity index (χ1n) is 5.79. The maximum absolute atomic E-state index is 12.0. The smallest absolute Gasteiger partial charge is 0.259 e. The molecular formula is C14H13N3O3. The Morgan fingerprint density at radius 2 is 1.75 bits per heavy atom. The van der Waals surface area contributed by atoms with Gasteiger partial charge in [-0.3, -0.25) is 4.79 Å². The number of para-hydroxylation sites is 1. The Labute approximate surface area is 115 Å². The maximum Gasteiger partial charge on any atom is 0.259 e. The molecule has 0 bridgehead atoms. The van der Waals surface area contributed by atoms with E-state index in [0.717, 1.165) is 0 Å². The minimum absolute atomic E-state index is 0.0106. The van der Waals surface area contributed by atoms with Gasteiger partial charge in [0.1, 0.15) is 5.75 Å². The molecule has 1 amide bonds. The predicted octanol–water partition coefficient (Wildman–Crippen LogP) is 1.74. The summed E-state index contributed by atoms with van der Waals surface area (Å²) in [4.78, 5) is 12.0. The molecule has 0 aliphatic rings. The Hall–Kier alpha value is -3.02. The van der Waals surface area contributed by atoms with Gasteiger partial charge in [0, 0.05) is 11.3 Å². The summed E-state index contributed by atoms with van der Waals surface area (Å²) in [5.41, 5.74) is 6.69. The van der Waals surface area contributed by atoms with Gasteiger partial charge in [-0.25, -0.2) is 0 Å². The SMILES string of the molecule is N/C(=N/O)c1ccc(NC(=O)c2ccccc2O)cc1. The van der Waals surface area contributed by atoms with E-state index in [1.165, 1.54) is 12.1 Å². The number of nitrogens with two attached hydrogens (primary N) is 1. The number of phenols is 1. The third-order valence-corrected chi connectivity index (χ3v) is 2.69. The largest absolute Gasteiger partial charge is 0.507 e. The molecule has 2 aromatic carbocycles. The van der Waals surface area contributed by atoms with Crippen LogP contribution in [0.25, 0.3) is 0 Å². The molecule has 0 heterocycles. The Balaban J connectivity index is 2.15. The summed E-state index contributed by atoms with van der Waals surface area (Å²) >= 11 is 0. The number of carbonyl (C=O) groups excluding carboxylic acids is 1. The molecule has 0 unspecified atom stereocenters. The molecule has 6 nitrogen and oxygen atoms in total. The van der Waals surface area contributed by atoms with Gasteiger partial charge >= 0.3 is 0 Å². The van der Waals surface area contributed by atoms with Gasteiger partial charge in [0.2, 0.25) is 0 Å². The second-order valence-corrected chi connectivity index (χ2v) is 4.03. The summed E-state index contributed by atoms with van der Waals surface area (Å²) in [6.07, 6.45) is 0. The Morgan fingerprint density at radius 1 is 1.10 bits per heavy atom. The van der Waals surface area contributed by atoms with E-state index in [0.29, 0.717) is 11.3 Å². The van der Waals surface area contributed by atoms with Gasteiger partial charge in [-0.15, -0.1) is 0 Å². The topological polar surface area (TPSA) is 108 Å². The number of carbonyl (C=O) groups is 1. The third kappa shape index (κ3) is 2.86. The van der Waals surface area contributed by atoms with Gasteiger partial charge in [-0.05, 0) is 36.4 Å². The average Bonchev–Trinajstić information content (AvgIpc) is 2.47. The zero-order valence-corrected chi connectivity index (χ0v) is 10.4. The number of hydrogen-bond donors (Lipinski definition) is 4. The summed E-state index contributed by atoms with van der Waals surface area (Å²) in [6.45, 7) is 0. The van der Waals surface area contributed by atoms with Crippen molar-refractivity contribution in [2.75, 3.05) is 5.32 Å². The minimum atomic E-state index is -0.417. The van der Waals surface area contributed by atoms with Crippen molar-refractivity contribution in [1.82, 2.24) is 0 Å². The van der Waals surface area contributed by atoms with Gasteiger partial charge in [-0.1, -0.05) is 17.3 Å². The molecule has 0 aliphatic carbocycles. The van der Waals surface area contributed by atoms with E-state index in [1.807, 2.05) is 0 Å². The van der Waals surface area contributed by atoms with Crippen molar-refractivity contribution in [3.05, 3.63) is 59.7 Å². The van der Waals surface area contributed by atoms with Crippen LogP contribution in [0.5, 0.6) is 5.75 Å². The molecule has 0 saturated carbocycles. The van der Waals surface area contributed by atoms with Gasteiger partial charge in [0.25, 0.3) is 5.91 Å². The van der Waals surface area contributed by atoms with Gasteiger partial charge < -0.3 is 21.4 Å². The third-order valence-electron chi connectivity index (χ3n) is 2.69. The van der Waals surface area contributed by atoms with Gasteiger partial charge in [-0.2, -0.15) is 0 Å². The molecule has 2 rings (SSSR count). The number of rotatable bonds is 3. The van der Waals surface area contributed by atoms with Crippen molar-refractivity contribution in [3.8, 4) is 5.75 Å². The van der Waals surface area contributed by atoms with Crippen LogP contribution in [0, 0.1) is 0 Å². The summed E-state index contributed by atoms with van der Waals surface area (Å²) in [5, 5.41) is 23.7. The van der Waals surface area contributed by atoms with Crippen LogP contribution in [0.1, 0.15) is 15.9 Å². The van der Waals surface area contributed by atoms with Crippen LogP contribution in [0.4, 0.5) is 5.69 Å². The van der Waals surface area contributed by atoms with E-state index in [1.54, 1.807) is 36.4 Å². The van der Waals surface area contributed by atoms with Crippen LogP contribution >= 0.6 is 0 Å². The molecule has 20 heavy (non-hydrogen) atoms. The molecule has 0 saturated heterocycles. The van der Waals surface area contributed by atoms with E-state index in [2.05, 4.69) is 10.5 Å². The quantitative estimate of drug-likeness (QED) is 0.295. The molecule has 0 aromatic heterocycles. The zero-order valence-electron chi connectivity index (χ0n) is 10.4. The first kappa shape index (κ1) is 13.4. The lowest BCUT2D eigenvalue weighted by Crippen LogP contribution is -2.14. The fourth-order valence-electron chi connectivity index (χ4n) is 1.65.